The molecule has 0 aliphatic rings. The molecule has 0 saturated carbocycles. The van der Waals surface area contributed by atoms with Crippen LogP contribution >= 0.6 is 0 Å². The second-order valence-corrected chi connectivity index (χ2v) is 5.91. The summed E-state index contributed by atoms with van der Waals surface area (Å²) in [6, 6.07) is 7.19. The molecule has 0 radical (unpaired) electrons. The largest absolute Gasteiger partial charge is 0.295 e. The first-order valence-electron chi connectivity index (χ1n) is 7.24. The summed E-state index contributed by atoms with van der Waals surface area (Å²) in [6.45, 7) is 9.25. The van der Waals surface area contributed by atoms with Crippen LogP contribution in [0, 0.1) is 5.41 Å². The maximum absolute atomic E-state index is 12.1. The third kappa shape index (κ3) is 4.81. The zero-order chi connectivity index (χ0) is 16.0. The highest BCUT2D eigenvalue weighted by Gasteiger charge is 2.26. The molecule has 0 bridgehead atoms. The molecule has 0 unspecified atom stereocenters. The molecule has 0 aliphatic carbocycles. The Morgan fingerprint density at radius 1 is 1.10 bits per heavy atom. The van der Waals surface area contributed by atoms with E-state index in [0.29, 0.717) is 11.3 Å². The molecule has 0 aromatic heterocycles. The van der Waals surface area contributed by atoms with Crippen molar-refractivity contribution in [3.63, 3.8) is 0 Å². The van der Waals surface area contributed by atoms with Gasteiger partial charge in [0.15, 0.2) is 5.78 Å². The van der Waals surface area contributed by atoms with Crippen LogP contribution in [0.4, 0.5) is 0 Å². The number of rotatable bonds is 6. The standard InChI is InChI=1S/C17H24N2O2/c1-6-11-17(4,5)16(21)19-18-12(2)14-7-9-15(10-8-14)13(3)20/h7-10H,6,11H2,1-5H3,(H,19,21)/b18-12+. The number of ketones is 1. The van der Waals surface area contributed by atoms with Crippen molar-refractivity contribution < 1.29 is 9.59 Å². The number of benzene rings is 1. The van der Waals surface area contributed by atoms with Crippen molar-refractivity contribution in [2.75, 3.05) is 0 Å². The van der Waals surface area contributed by atoms with Crippen LogP contribution in [0.5, 0.6) is 0 Å². The lowest BCUT2D eigenvalue weighted by molar-refractivity contribution is -0.129. The molecule has 1 rings (SSSR count). The van der Waals surface area contributed by atoms with Crippen molar-refractivity contribution in [1.29, 1.82) is 0 Å². The maximum atomic E-state index is 12.1. The highest BCUT2D eigenvalue weighted by Crippen LogP contribution is 2.22. The van der Waals surface area contributed by atoms with Gasteiger partial charge in [-0.15, -0.1) is 0 Å². The first-order valence-corrected chi connectivity index (χ1v) is 7.24. The Morgan fingerprint density at radius 2 is 1.62 bits per heavy atom. The van der Waals surface area contributed by atoms with Gasteiger partial charge in [0.05, 0.1) is 5.71 Å². The molecule has 114 valence electrons. The monoisotopic (exact) mass is 288 g/mol. The van der Waals surface area contributed by atoms with Gasteiger partial charge < -0.3 is 0 Å². The first kappa shape index (κ1) is 17.1. The Kier molecular flexibility index (Phi) is 5.82. The van der Waals surface area contributed by atoms with Crippen molar-refractivity contribution in [3.8, 4) is 0 Å². The Balaban J connectivity index is 2.77. The molecule has 1 amide bonds. The lowest BCUT2D eigenvalue weighted by Crippen LogP contribution is -2.34. The van der Waals surface area contributed by atoms with Gasteiger partial charge in [0.25, 0.3) is 0 Å². The van der Waals surface area contributed by atoms with E-state index in [2.05, 4.69) is 17.5 Å². The molecule has 4 heteroatoms. The van der Waals surface area contributed by atoms with Crippen LogP contribution in [-0.4, -0.2) is 17.4 Å². The van der Waals surface area contributed by atoms with Gasteiger partial charge in [-0.1, -0.05) is 51.5 Å². The first-order chi connectivity index (χ1) is 9.77. The summed E-state index contributed by atoms with van der Waals surface area (Å²) in [4.78, 5) is 23.3. The number of amides is 1. The molecule has 1 aromatic rings. The van der Waals surface area contributed by atoms with Gasteiger partial charge in [0, 0.05) is 11.0 Å². The highest BCUT2D eigenvalue weighted by molar-refractivity contribution is 6.01. The van der Waals surface area contributed by atoms with Crippen LogP contribution in [0.1, 0.15) is 63.4 Å². The van der Waals surface area contributed by atoms with E-state index in [-0.39, 0.29) is 11.7 Å². The Hall–Kier alpha value is -1.97. The van der Waals surface area contributed by atoms with Gasteiger partial charge in [-0.25, -0.2) is 5.43 Å². The van der Waals surface area contributed by atoms with E-state index < -0.39 is 5.41 Å². The van der Waals surface area contributed by atoms with Gasteiger partial charge in [-0.2, -0.15) is 5.10 Å². The molecule has 0 atom stereocenters. The zero-order valence-electron chi connectivity index (χ0n) is 13.5. The number of hydrogen-bond acceptors (Lipinski definition) is 3. The van der Waals surface area contributed by atoms with Gasteiger partial charge in [-0.3, -0.25) is 9.59 Å². The fraction of sp³-hybridized carbons (Fsp3) is 0.471. The summed E-state index contributed by atoms with van der Waals surface area (Å²) in [5, 5.41) is 4.15. The third-order valence-corrected chi connectivity index (χ3v) is 3.52. The number of hydrazone groups is 1. The number of hydrogen-bond donors (Lipinski definition) is 1. The smallest absolute Gasteiger partial charge is 0.245 e. The summed E-state index contributed by atoms with van der Waals surface area (Å²) in [5.74, 6) is -0.0465. The summed E-state index contributed by atoms with van der Waals surface area (Å²) in [6.07, 6.45) is 1.77. The number of nitrogens with one attached hydrogen (secondary N) is 1. The predicted molar refractivity (Wildman–Crippen MR) is 85.5 cm³/mol. The molecule has 21 heavy (non-hydrogen) atoms. The van der Waals surface area contributed by atoms with E-state index in [1.165, 1.54) is 6.92 Å². The highest BCUT2D eigenvalue weighted by atomic mass is 16.2. The van der Waals surface area contributed by atoms with Crippen LogP contribution in [0.2, 0.25) is 0 Å². The summed E-state index contributed by atoms with van der Waals surface area (Å²) in [5.41, 5.74) is 4.47. The molecule has 4 nitrogen and oxygen atoms in total. The summed E-state index contributed by atoms with van der Waals surface area (Å²) >= 11 is 0. The fourth-order valence-electron chi connectivity index (χ4n) is 2.04. The van der Waals surface area contributed by atoms with Crippen LogP contribution in [0.3, 0.4) is 0 Å². The summed E-state index contributed by atoms with van der Waals surface area (Å²) < 4.78 is 0. The average Bonchev–Trinajstić information content (AvgIpc) is 2.44. The second-order valence-electron chi connectivity index (χ2n) is 5.91. The van der Waals surface area contributed by atoms with Crippen LogP contribution in [-0.2, 0) is 4.79 Å². The number of carbonyl (C=O) groups excluding carboxylic acids is 2. The SMILES string of the molecule is CCCC(C)(C)C(=O)N/N=C(\C)c1ccc(C(C)=O)cc1. The van der Waals surface area contributed by atoms with Crippen molar-refractivity contribution in [2.24, 2.45) is 10.5 Å². The Morgan fingerprint density at radius 3 is 2.10 bits per heavy atom. The van der Waals surface area contributed by atoms with E-state index >= 15 is 0 Å². The van der Waals surface area contributed by atoms with Crippen LogP contribution in [0.25, 0.3) is 0 Å². The average molecular weight is 288 g/mol. The molecule has 1 N–H and O–H groups in total. The molecule has 1 aromatic carbocycles. The van der Waals surface area contributed by atoms with Crippen molar-refractivity contribution in [3.05, 3.63) is 35.4 Å². The minimum Gasteiger partial charge on any atom is -0.295 e. The predicted octanol–water partition coefficient (Wildman–Crippen LogP) is 3.56. The van der Waals surface area contributed by atoms with E-state index in [9.17, 15) is 9.59 Å². The van der Waals surface area contributed by atoms with Gasteiger partial charge in [-0.05, 0) is 25.8 Å². The van der Waals surface area contributed by atoms with Gasteiger partial charge >= 0.3 is 0 Å². The van der Waals surface area contributed by atoms with Crippen LogP contribution in [0.15, 0.2) is 29.4 Å². The number of nitrogens with zero attached hydrogens (tertiary/aromatic N) is 1. The molecule has 0 fully saturated rings. The molecular weight excluding hydrogens is 264 g/mol. The lowest BCUT2D eigenvalue weighted by Gasteiger charge is -2.21. The summed E-state index contributed by atoms with van der Waals surface area (Å²) in [7, 11) is 0. The normalized spacial score (nSPS) is 12.1. The Bertz CT molecular complexity index is 542. The second kappa shape index (κ2) is 7.16. The molecule has 0 heterocycles. The van der Waals surface area contributed by atoms with Crippen molar-refractivity contribution in [1.82, 2.24) is 5.43 Å². The minimum atomic E-state index is -0.420. The van der Waals surface area contributed by atoms with Gasteiger partial charge in [0.2, 0.25) is 5.91 Å². The van der Waals surface area contributed by atoms with Crippen LogP contribution < -0.4 is 5.43 Å². The van der Waals surface area contributed by atoms with Crippen molar-refractivity contribution in [2.45, 2.75) is 47.5 Å². The zero-order valence-corrected chi connectivity index (χ0v) is 13.5. The maximum Gasteiger partial charge on any atom is 0.245 e. The molecule has 0 saturated heterocycles. The fourth-order valence-corrected chi connectivity index (χ4v) is 2.04. The molecule has 0 aliphatic heterocycles. The third-order valence-electron chi connectivity index (χ3n) is 3.52. The quantitative estimate of drug-likeness (QED) is 0.494. The topological polar surface area (TPSA) is 58.5 Å². The van der Waals surface area contributed by atoms with E-state index in [1.54, 1.807) is 12.1 Å². The molecular formula is C17H24N2O2. The number of carbonyl (C=O) groups is 2. The number of Topliss-reactive ketones (excluding diaryl/α,β-unsaturated/α-hetero) is 1. The van der Waals surface area contributed by atoms with E-state index in [1.807, 2.05) is 32.9 Å². The van der Waals surface area contributed by atoms with Crippen molar-refractivity contribution >= 4 is 17.4 Å². The molecule has 0 spiro atoms. The van der Waals surface area contributed by atoms with Gasteiger partial charge in [0.1, 0.15) is 0 Å². The minimum absolute atomic E-state index is 0.0331. The Labute approximate surface area is 126 Å². The van der Waals surface area contributed by atoms with E-state index in [0.717, 1.165) is 18.4 Å². The van der Waals surface area contributed by atoms with E-state index in [4.69, 9.17) is 0 Å². The lowest BCUT2D eigenvalue weighted by atomic mass is 9.87.